The number of nitrogens with one attached hydrogen (secondary N) is 1. The van der Waals surface area contributed by atoms with Gasteiger partial charge in [0, 0.05) is 18.6 Å². The number of aromatic nitrogens is 3. The predicted molar refractivity (Wildman–Crippen MR) is 44.6 cm³/mol. The van der Waals surface area contributed by atoms with E-state index in [-0.39, 0.29) is 5.69 Å². The maximum Gasteiger partial charge on any atom is 0.285 e. The summed E-state index contributed by atoms with van der Waals surface area (Å²) in [6.45, 7) is 0. The smallest absolute Gasteiger partial charge is 0.285 e. The summed E-state index contributed by atoms with van der Waals surface area (Å²) in [4.78, 5) is 18.9. The van der Waals surface area contributed by atoms with Crippen LogP contribution in [0.5, 0.6) is 0 Å². The summed E-state index contributed by atoms with van der Waals surface area (Å²) in [6, 6.07) is 1.75. The molecular formula is C7H7N5O. The van der Waals surface area contributed by atoms with Gasteiger partial charge in [0.2, 0.25) is 5.78 Å². The van der Waals surface area contributed by atoms with Crippen molar-refractivity contribution in [1.29, 1.82) is 0 Å². The molecule has 13 heavy (non-hydrogen) atoms. The highest BCUT2D eigenvalue weighted by molar-refractivity contribution is 5.92. The molecule has 0 aliphatic rings. The minimum Gasteiger partial charge on any atom is -0.290 e. The predicted octanol–water partition coefficient (Wildman–Crippen LogP) is -0.667. The lowest BCUT2D eigenvalue weighted by molar-refractivity contribution is 0.0949. The van der Waals surface area contributed by atoms with Gasteiger partial charge in [-0.2, -0.15) is 0 Å². The number of rotatable bonds is 1. The van der Waals surface area contributed by atoms with Gasteiger partial charge in [0.25, 0.3) is 5.91 Å². The number of nitrogen functional groups attached to an aromatic ring is 1. The first-order valence-electron chi connectivity index (χ1n) is 3.62. The zero-order valence-corrected chi connectivity index (χ0v) is 6.64. The van der Waals surface area contributed by atoms with E-state index < -0.39 is 5.91 Å². The summed E-state index contributed by atoms with van der Waals surface area (Å²) in [7, 11) is 0. The van der Waals surface area contributed by atoms with Crippen molar-refractivity contribution >= 4 is 11.7 Å². The fourth-order valence-corrected chi connectivity index (χ4v) is 1.01. The first kappa shape index (κ1) is 7.69. The topological polar surface area (TPSA) is 85.3 Å². The van der Waals surface area contributed by atoms with Crippen LogP contribution in [0.15, 0.2) is 24.7 Å². The molecule has 2 rings (SSSR count). The number of hydrazine groups is 1. The molecule has 0 spiro atoms. The van der Waals surface area contributed by atoms with E-state index in [1.54, 1.807) is 29.1 Å². The van der Waals surface area contributed by atoms with E-state index in [9.17, 15) is 4.79 Å². The Kier molecular flexibility index (Phi) is 1.67. The summed E-state index contributed by atoms with van der Waals surface area (Å²) in [5.41, 5.74) is 2.25. The number of amides is 1. The Morgan fingerprint density at radius 2 is 2.46 bits per heavy atom. The molecule has 2 aromatic rings. The number of fused-ring (bicyclic) bond motifs is 1. The van der Waals surface area contributed by atoms with Crippen LogP contribution in [-0.2, 0) is 0 Å². The van der Waals surface area contributed by atoms with Gasteiger partial charge in [0.1, 0.15) is 5.69 Å². The van der Waals surface area contributed by atoms with E-state index in [0.717, 1.165) is 0 Å². The molecule has 0 aromatic carbocycles. The van der Waals surface area contributed by atoms with Gasteiger partial charge < -0.3 is 0 Å². The molecule has 0 bridgehead atoms. The molecule has 0 radical (unpaired) electrons. The minimum atomic E-state index is -0.425. The third-order valence-corrected chi connectivity index (χ3v) is 1.60. The molecule has 6 heteroatoms. The van der Waals surface area contributed by atoms with Gasteiger partial charge in [-0.25, -0.2) is 15.8 Å². The number of hydrogen-bond acceptors (Lipinski definition) is 4. The highest BCUT2D eigenvalue weighted by Gasteiger charge is 2.08. The van der Waals surface area contributed by atoms with Gasteiger partial charge in [0.05, 0.1) is 0 Å². The van der Waals surface area contributed by atoms with Crippen LogP contribution in [0.1, 0.15) is 10.5 Å². The SMILES string of the molecule is NNC(=O)c1cn2cccnc2n1. The molecule has 0 saturated carbocycles. The standard InChI is InChI=1S/C7H7N5O/c8-11-6(13)5-4-12-3-1-2-9-7(12)10-5/h1-4H,8H2,(H,11,13). The van der Waals surface area contributed by atoms with E-state index in [1.165, 1.54) is 0 Å². The molecule has 2 heterocycles. The third kappa shape index (κ3) is 1.23. The summed E-state index contributed by atoms with van der Waals surface area (Å²) >= 11 is 0. The Morgan fingerprint density at radius 1 is 1.62 bits per heavy atom. The maximum atomic E-state index is 11.0. The first-order chi connectivity index (χ1) is 6.31. The van der Waals surface area contributed by atoms with Gasteiger partial charge >= 0.3 is 0 Å². The molecule has 6 nitrogen and oxygen atoms in total. The van der Waals surface area contributed by atoms with E-state index in [4.69, 9.17) is 5.84 Å². The van der Waals surface area contributed by atoms with Crippen molar-refractivity contribution in [2.24, 2.45) is 5.84 Å². The second kappa shape index (κ2) is 2.83. The van der Waals surface area contributed by atoms with Gasteiger partial charge in [0.15, 0.2) is 0 Å². The van der Waals surface area contributed by atoms with Crippen molar-refractivity contribution in [2.45, 2.75) is 0 Å². The molecule has 0 aliphatic carbocycles. The normalized spacial score (nSPS) is 10.2. The van der Waals surface area contributed by atoms with E-state index in [2.05, 4.69) is 9.97 Å². The number of imidazole rings is 1. The van der Waals surface area contributed by atoms with Crippen molar-refractivity contribution in [3.05, 3.63) is 30.4 Å². The van der Waals surface area contributed by atoms with Crippen LogP contribution in [-0.4, -0.2) is 20.3 Å². The van der Waals surface area contributed by atoms with Gasteiger partial charge in [-0.3, -0.25) is 14.6 Å². The fourth-order valence-electron chi connectivity index (χ4n) is 1.01. The molecular weight excluding hydrogens is 170 g/mol. The third-order valence-electron chi connectivity index (χ3n) is 1.60. The fraction of sp³-hybridized carbons (Fsp3) is 0. The quantitative estimate of drug-likeness (QED) is 0.344. The number of carbonyl (C=O) groups excluding carboxylic acids is 1. The van der Waals surface area contributed by atoms with Crippen molar-refractivity contribution in [1.82, 2.24) is 19.8 Å². The van der Waals surface area contributed by atoms with Gasteiger partial charge in [-0.15, -0.1) is 0 Å². The van der Waals surface area contributed by atoms with Crippen LogP contribution in [0.25, 0.3) is 5.78 Å². The lowest BCUT2D eigenvalue weighted by atomic mass is 10.5. The van der Waals surface area contributed by atoms with Crippen molar-refractivity contribution in [3.63, 3.8) is 0 Å². The van der Waals surface area contributed by atoms with Crippen molar-refractivity contribution in [2.75, 3.05) is 0 Å². The molecule has 0 saturated heterocycles. The maximum absolute atomic E-state index is 11.0. The highest BCUT2D eigenvalue weighted by atomic mass is 16.2. The van der Waals surface area contributed by atoms with Gasteiger partial charge in [-0.05, 0) is 6.07 Å². The Balaban J connectivity index is 2.56. The van der Waals surface area contributed by atoms with Crippen LogP contribution in [0.2, 0.25) is 0 Å². The molecule has 0 unspecified atom stereocenters. The number of hydrogen-bond donors (Lipinski definition) is 2. The second-order valence-electron chi connectivity index (χ2n) is 2.43. The zero-order chi connectivity index (χ0) is 9.26. The molecule has 3 N–H and O–H groups in total. The molecule has 0 aliphatic heterocycles. The van der Waals surface area contributed by atoms with Crippen molar-refractivity contribution in [3.8, 4) is 0 Å². The lowest BCUT2D eigenvalue weighted by Gasteiger charge is -1.89. The Labute approximate surface area is 73.4 Å². The van der Waals surface area contributed by atoms with E-state index in [1.807, 2.05) is 5.43 Å². The largest absolute Gasteiger partial charge is 0.290 e. The number of nitrogens with zero attached hydrogens (tertiary/aromatic N) is 3. The molecule has 0 fully saturated rings. The zero-order valence-electron chi connectivity index (χ0n) is 6.64. The minimum absolute atomic E-state index is 0.251. The monoisotopic (exact) mass is 177 g/mol. The van der Waals surface area contributed by atoms with Gasteiger partial charge in [-0.1, -0.05) is 0 Å². The summed E-state index contributed by atoms with van der Waals surface area (Å²) in [6.07, 6.45) is 4.92. The summed E-state index contributed by atoms with van der Waals surface area (Å²) in [5, 5.41) is 0. The summed E-state index contributed by atoms with van der Waals surface area (Å²) in [5.74, 6) is 5.00. The average Bonchev–Trinajstić information content (AvgIpc) is 2.59. The molecule has 66 valence electrons. The number of carbonyl (C=O) groups is 1. The Hall–Kier alpha value is -1.95. The molecule has 2 aromatic heterocycles. The summed E-state index contributed by atoms with van der Waals surface area (Å²) < 4.78 is 1.64. The number of nitrogens with two attached hydrogens (primary N) is 1. The molecule has 1 amide bonds. The highest BCUT2D eigenvalue weighted by Crippen LogP contribution is 2.00. The second-order valence-corrected chi connectivity index (χ2v) is 2.43. The van der Waals surface area contributed by atoms with Crippen LogP contribution >= 0.6 is 0 Å². The van der Waals surface area contributed by atoms with E-state index >= 15 is 0 Å². The lowest BCUT2D eigenvalue weighted by Crippen LogP contribution is -2.30. The van der Waals surface area contributed by atoms with Crippen LogP contribution in [0.3, 0.4) is 0 Å². The Morgan fingerprint density at radius 3 is 3.15 bits per heavy atom. The average molecular weight is 177 g/mol. The van der Waals surface area contributed by atoms with Crippen LogP contribution in [0, 0.1) is 0 Å². The first-order valence-corrected chi connectivity index (χ1v) is 3.62. The Bertz CT molecular complexity index is 416. The molecule has 0 atom stereocenters. The van der Waals surface area contributed by atoms with Crippen LogP contribution in [0.4, 0.5) is 0 Å². The van der Waals surface area contributed by atoms with E-state index in [0.29, 0.717) is 5.78 Å². The van der Waals surface area contributed by atoms with Crippen LogP contribution < -0.4 is 11.3 Å². The van der Waals surface area contributed by atoms with Crippen molar-refractivity contribution < 1.29 is 4.79 Å².